The van der Waals surface area contributed by atoms with Crippen LogP contribution in [0.1, 0.15) is 85.9 Å². The Morgan fingerprint density at radius 1 is 0.500 bits per heavy atom. The molecule has 0 atom stereocenters. The Morgan fingerprint density at radius 3 is 1.24 bits per heavy atom. The van der Waals surface area contributed by atoms with Crippen LogP contribution in [0.5, 0.6) is 0 Å². The highest BCUT2D eigenvalue weighted by molar-refractivity contribution is 7.90. The molecular formula is C63H71FN10O10S4. The Morgan fingerprint density at radius 2 is 0.864 bits per heavy atom. The number of hydrogen-bond donors (Lipinski definition) is 8. The molecule has 464 valence electrons. The number of rotatable bonds is 18. The van der Waals surface area contributed by atoms with E-state index in [0.717, 1.165) is 39.7 Å². The minimum Gasteiger partial charge on any atom is -0.447 e. The van der Waals surface area contributed by atoms with Crippen LogP contribution in [0.4, 0.5) is 46.3 Å². The first-order chi connectivity index (χ1) is 41.4. The van der Waals surface area contributed by atoms with Crippen molar-refractivity contribution in [2.24, 2.45) is 0 Å². The molecule has 2 heterocycles. The van der Waals surface area contributed by atoms with Crippen LogP contribution >= 0.6 is 22.7 Å². The predicted molar refractivity (Wildman–Crippen MR) is 346 cm³/mol. The predicted octanol–water partition coefficient (Wildman–Crippen LogP) is 14.1. The monoisotopic (exact) mass is 1270 g/mol. The average Bonchev–Trinajstić information content (AvgIpc) is 1.55. The number of aryl methyl sites for hydroxylation is 1. The number of hydrogen-bond acceptors (Lipinski definition) is 14. The van der Waals surface area contributed by atoms with Crippen molar-refractivity contribution >= 4 is 89.7 Å². The number of aromatic nitrogens is 2. The minimum atomic E-state index is -4.07. The quantitative estimate of drug-likeness (QED) is 0.0398. The van der Waals surface area contributed by atoms with E-state index in [9.17, 15) is 36.0 Å². The SMILES string of the molecule is CC(C)OC(=O)Nc1ccc(-c2ncc(-c3ccc(NC(=O)NCc4ccccc4)cc3S(=O)(=O)NC(C)(C)C)s2)c(F)c1.Cc1cc(NC(=O)OC(C)C)ccc1-c1ncc(-c2ccc(NC(=O)NCc3ccccc3)cc2S(=O)(=O)NC(C)(C)C)s1. The van der Waals surface area contributed by atoms with Crippen LogP contribution in [-0.2, 0) is 42.6 Å². The highest BCUT2D eigenvalue weighted by Gasteiger charge is 2.29. The van der Waals surface area contributed by atoms with Gasteiger partial charge in [0.25, 0.3) is 0 Å². The highest BCUT2D eigenvalue weighted by atomic mass is 32.2. The van der Waals surface area contributed by atoms with Gasteiger partial charge in [-0.2, -0.15) is 0 Å². The smallest absolute Gasteiger partial charge is 0.411 e. The Balaban J connectivity index is 0.000000251. The lowest BCUT2D eigenvalue weighted by Gasteiger charge is -2.22. The number of benzene rings is 6. The first-order valence-electron chi connectivity index (χ1n) is 27.7. The van der Waals surface area contributed by atoms with Crippen molar-refractivity contribution in [3.8, 4) is 42.0 Å². The largest absolute Gasteiger partial charge is 0.447 e. The number of carbonyl (C=O) groups excluding carboxylic acids is 4. The van der Waals surface area contributed by atoms with Gasteiger partial charge in [0.1, 0.15) is 15.8 Å². The molecule has 88 heavy (non-hydrogen) atoms. The Hall–Kier alpha value is -8.59. The van der Waals surface area contributed by atoms with Crippen molar-refractivity contribution in [1.29, 1.82) is 0 Å². The molecule has 0 aliphatic heterocycles. The lowest BCUT2D eigenvalue weighted by Crippen LogP contribution is -2.40. The van der Waals surface area contributed by atoms with Crippen molar-refractivity contribution < 1.29 is 49.9 Å². The molecule has 8 aromatic rings. The number of ether oxygens (including phenoxy) is 2. The fourth-order valence-corrected chi connectivity index (χ4v) is 13.9. The van der Waals surface area contributed by atoms with Crippen LogP contribution in [0.15, 0.2) is 156 Å². The molecule has 0 spiro atoms. The first kappa shape index (κ1) is 66.9. The van der Waals surface area contributed by atoms with Crippen molar-refractivity contribution in [2.45, 2.75) is 122 Å². The highest BCUT2D eigenvalue weighted by Crippen LogP contribution is 2.40. The molecule has 0 radical (unpaired) electrons. The second-order valence-electron chi connectivity index (χ2n) is 22.7. The second-order valence-corrected chi connectivity index (χ2v) is 28.0. The third-order valence-corrected chi connectivity index (χ3v) is 17.6. The molecule has 25 heteroatoms. The maximum Gasteiger partial charge on any atom is 0.411 e. The van der Waals surface area contributed by atoms with Crippen LogP contribution in [0, 0.1) is 12.7 Å². The molecule has 0 aliphatic rings. The van der Waals surface area contributed by atoms with Gasteiger partial charge >= 0.3 is 24.2 Å². The normalized spacial score (nSPS) is 11.7. The van der Waals surface area contributed by atoms with Gasteiger partial charge in [0.15, 0.2) is 0 Å². The summed E-state index contributed by atoms with van der Waals surface area (Å²) in [5, 5.41) is 17.2. The summed E-state index contributed by atoms with van der Waals surface area (Å²) in [7, 11) is -8.06. The molecule has 0 unspecified atom stereocenters. The fourth-order valence-electron chi connectivity index (χ4n) is 8.39. The Bertz CT molecular complexity index is 3760. The lowest BCUT2D eigenvalue weighted by atomic mass is 10.1. The van der Waals surface area contributed by atoms with Gasteiger partial charge in [0, 0.05) is 81.6 Å². The summed E-state index contributed by atoms with van der Waals surface area (Å²) >= 11 is 2.44. The summed E-state index contributed by atoms with van der Waals surface area (Å²) in [5.74, 6) is -0.628. The number of nitrogens with zero attached hydrogens (tertiary/aromatic N) is 2. The fraction of sp³-hybridized carbons (Fsp3) is 0.270. The van der Waals surface area contributed by atoms with Crippen molar-refractivity contribution in [1.82, 2.24) is 30.0 Å². The molecule has 20 nitrogen and oxygen atoms in total. The van der Waals surface area contributed by atoms with E-state index in [1.165, 1.54) is 41.8 Å². The zero-order valence-electron chi connectivity index (χ0n) is 50.4. The molecule has 8 N–H and O–H groups in total. The van der Waals surface area contributed by atoms with Crippen LogP contribution in [0.25, 0.3) is 42.0 Å². The van der Waals surface area contributed by atoms with Crippen LogP contribution in [0.3, 0.4) is 0 Å². The van der Waals surface area contributed by atoms with E-state index >= 15 is 4.39 Å². The van der Waals surface area contributed by atoms with Gasteiger partial charge in [-0.15, -0.1) is 22.7 Å². The molecule has 0 saturated heterocycles. The van der Waals surface area contributed by atoms with Crippen LogP contribution in [-0.4, -0.2) is 74.3 Å². The van der Waals surface area contributed by atoms with E-state index in [4.69, 9.17) is 9.47 Å². The minimum absolute atomic E-state index is 0.0171. The van der Waals surface area contributed by atoms with E-state index in [1.807, 2.05) is 79.7 Å². The number of anilines is 4. The molecule has 6 amide bonds. The molecule has 2 aromatic heterocycles. The number of amides is 6. The van der Waals surface area contributed by atoms with Gasteiger partial charge in [-0.1, -0.05) is 72.8 Å². The first-order valence-corrected chi connectivity index (χ1v) is 32.3. The molecule has 8 rings (SSSR count). The maximum absolute atomic E-state index is 15.1. The summed E-state index contributed by atoms with van der Waals surface area (Å²) in [6.45, 7) is 19.9. The van der Waals surface area contributed by atoms with Gasteiger partial charge in [-0.25, -0.2) is 59.8 Å². The molecule has 0 bridgehead atoms. The van der Waals surface area contributed by atoms with Gasteiger partial charge in [0.05, 0.1) is 31.8 Å². The molecule has 6 aromatic carbocycles. The molecule has 0 saturated carbocycles. The van der Waals surface area contributed by atoms with Crippen molar-refractivity contribution in [2.75, 3.05) is 21.3 Å². The Kier molecular flexibility index (Phi) is 22.0. The molecule has 0 fully saturated rings. The summed E-state index contributed by atoms with van der Waals surface area (Å²) < 4.78 is 85.0. The van der Waals surface area contributed by atoms with E-state index in [0.29, 0.717) is 55.4 Å². The second kappa shape index (κ2) is 28.9. The average molecular weight is 1280 g/mol. The molecular weight excluding hydrogens is 1200 g/mol. The number of carbonyl (C=O) groups is 4. The topological polar surface area (TPSA) is 277 Å². The van der Waals surface area contributed by atoms with Gasteiger partial charge in [0.2, 0.25) is 20.0 Å². The van der Waals surface area contributed by atoms with Crippen LogP contribution in [0.2, 0.25) is 0 Å². The lowest BCUT2D eigenvalue weighted by molar-refractivity contribution is 0.129. The summed E-state index contributed by atoms with van der Waals surface area (Å²) in [5.41, 5.74) is 4.39. The van der Waals surface area contributed by atoms with E-state index < -0.39 is 61.2 Å². The number of halogens is 1. The zero-order chi connectivity index (χ0) is 64.1. The van der Waals surface area contributed by atoms with Gasteiger partial charge in [-0.3, -0.25) is 10.6 Å². The van der Waals surface area contributed by atoms with E-state index in [1.54, 1.807) is 106 Å². The van der Waals surface area contributed by atoms with Crippen molar-refractivity contribution in [3.63, 3.8) is 0 Å². The van der Waals surface area contributed by atoms with Gasteiger partial charge in [-0.05, 0) is 154 Å². The van der Waals surface area contributed by atoms with Crippen molar-refractivity contribution in [3.05, 3.63) is 168 Å². The number of sulfonamides is 2. The number of thiazole rings is 2. The number of nitrogens with one attached hydrogen (secondary N) is 8. The molecule has 0 aliphatic carbocycles. The summed E-state index contributed by atoms with van der Waals surface area (Å²) in [4.78, 5) is 59.1. The van der Waals surface area contributed by atoms with Crippen LogP contribution < -0.4 is 41.3 Å². The van der Waals surface area contributed by atoms with E-state index in [-0.39, 0.29) is 38.9 Å². The Labute approximate surface area is 520 Å². The summed E-state index contributed by atoms with van der Waals surface area (Å²) in [6.07, 6.45) is 1.30. The zero-order valence-corrected chi connectivity index (χ0v) is 53.7. The maximum atomic E-state index is 15.1. The standard InChI is InChI=1S/C32H37N5O5S2.C31H34FN5O5S2/c1-20(2)42-31(39)36-23-12-14-25(21(3)16-23)29-33-19-27(43-29)26-15-13-24(17-28(26)44(40,41)37-32(4,5)6)35-30(38)34-18-22-10-8-7-9-11-22;1-19(2)42-30(39)36-21-11-13-23(25(32)15-21)28-33-18-26(43-28)24-14-12-22(16-27(24)44(40,41)37-31(3,4)5)35-29(38)34-17-20-9-7-6-8-10-20/h7-17,19-20,37H,18H2,1-6H3,(H,36,39)(H2,34,35,38);6-16,18-19,37H,17H2,1-5H3,(H,36,39)(H2,34,35,38). The number of urea groups is 2. The van der Waals surface area contributed by atoms with E-state index in [2.05, 4.69) is 51.3 Å². The van der Waals surface area contributed by atoms with Gasteiger partial charge < -0.3 is 30.7 Å². The third kappa shape index (κ3) is 19.7. The summed E-state index contributed by atoms with van der Waals surface area (Å²) in [6, 6.07) is 36.8. The third-order valence-electron chi connectivity index (χ3n) is 11.9.